The first-order valence-corrected chi connectivity index (χ1v) is 9.23. The molecule has 0 aliphatic heterocycles. The minimum absolute atomic E-state index is 0.0305. The smallest absolute Gasteiger partial charge is 0.256 e. The first-order chi connectivity index (χ1) is 12.5. The van der Waals surface area contributed by atoms with Gasteiger partial charge in [-0.15, -0.1) is 0 Å². The Bertz CT molecular complexity index is 849. The van der Waals surface area contributed by atoms with E-state index < -0.39 is 0 Å². The van der Waals surface area contributed by atoms with E-state index in [-0.39, 0.29) is 17.7 Å². The van der Waals surface area contributed by atoms with Gasteiger partial charge in [0.05, 0.1) is 19.8 Å². The van der Waals surface area contributed by atoms with Crippen LogP contribution in [0.4, 0.5) is 11.4 Å². The van der Waals surface area contributed by atoms with Gasteiger partial charge in [-0.3, -0.25) is 9.59 Å². The summed E-state index contributed by atoms with van der Waals surface area (Å²) in [5, 5.41) is 5.73. The number of halogens is 1. The quantitative estimate of drug-likeness (QED) is 0.634. The first-order valence-electron chi connectivity index (χ1n) is 8.15. The van der Waals surface area contributed by atoms with E-state index in [2.05, 4.69) is 33.2 Å². The summed E-state index contributed by atoms with van der Waals surface area (Å²) in [7, 11) is 3.08. The molecule has 0 bridgehead atoms. The fourth-order valence-electron chi connectivity index (χ4n) is 2.49. The maximum Gasteiger partial charge on any atom is 0.256 e. The molecule has 136 valence electrons. The highest BCUT2D eigenvalue weighted by Gasteiger charge is 2.29. The number of benzene rings is 2. The fourth-order valence-corrected chi connectivity index (χ4v) is 3.17. The van der Waals surface area contributed by atoms with Crippen molar-refractivity contribution in [1.29, 1.82) is 0 Å². The van der Waals surface area contributed by atoms with Crippen molar-refractivity contribution in [2.24, 2.45) is 5.92 Å². The van der Waals surface area contributed by atoms with E-state index in [1.54, 1.807) is 43.5 Å². The van der Waals surface area contributed by atoms with Gasteiger partial charge in [0, 0.05) is 20.9 Å². The molecule has 3 rings (SSSR count). The minimum Gasteiger partial charge on any atom is -0.493 e. The lowest BCUT2D eigenvalue weighted by molar-refractivity contribution is -0.117. The highest BCUT2D eigenvalue weighted by atomic mass is 127. The Kier molecular flexibility index (Phi) is 5.65. The largest absolute Gasteiger partial charge is 0.493 e. The molecule has 1 fully saturated rings. The molecule has 0 atom stereocenters. The Morgan fingerprint density at radius 3 is 2.23 bits per heavy atom. The van der Waals surface area contributed by atoms with E-state index >= 15 is 0 Å². The third kappa shape index (κ3) is 4.27. The zero-order valence-corrected chi connectivity index (χ0v) is 16.6. The number of carbonyl (C=O) groups is 2. The second kappa shape index (κ2) is 7.94. The molecule has 0 saturated heterocycles. The van der Waals surface area contributed by atoms with Crippen molar-refractivity contribution >= 4 is 45.8 Å². The zero-order valence-electron chi connectivity index (χ0n) is 14.5. The van der Waals surface area contributed by atoms with Crippen molar-refractivity contribution in [2.75, 3.05) is 24.9 Å². The number of ether oxygens (including phenoxy) is 2. The molecule has 0 unspecified atom stereocenters. The fraction of sp³-hybridized carbons (Fsp3) is 0.263. The molecule has 6 nitrogen and oxygen atoms in total. The molecule has 0 radical (unpaired) electrons. The van der Waals surface area contributed by atoms with Crippen LogP contribution in [0.1, 0.15) is 23.2 Å². The SMILES string of the molecule is COc1cc(I)c(C(=O)Nc2cccc(NC(=O)C3CC3)c2)cc1OC. The number of hydrogen-bond donors (Lipinski definition) is 2. The van der Waals surface area contributed by atoms with Gasteiger partial charge in [0.2, 0.25) is 5.91 Å². The normalized spacial score (nSPS) is 13.0. The van der Waals surface area contributed by atoms with Crippen LogP contribution in [0.3, 0.4) is 0 Å². The summed E-state index contributed by atoms with van der Waals surface area (Å²) < 4.78 is 11.3. The van der Waals surface area contributed by atoms with Crippen LogP contribution < -0.4 is 20.1 Å². The Labute approximate surface area is 165 Å². The average Bonchev–Trinajstić information content (AvgIpc) is 3.46. The van der Waals surface area contributed by atoms with E-state index in [4.69, 9.17) is 9.47 Å². The lowest BCUT2D eigenvalue weighted by Gasteiger charge is -2.13. The molecule has 0 aromatic heterocycles. The molecule has 2 amide bonds. The number of rotatable bonds is 6. The van der Waals surface area contributed by atoms with E-state index in [1.165, 1.54) is 7.11 Å². The number of hydrogen-bond acceptors (Lipinski definition) is 4. The van der Waals surface area contributed by atoms with Gasteiger partial charge in [-0.05, 0) is 65.8 Å². The number of anilines is 2. The molecule has 26 heavy (non-hydrogen) atoms. The highest BCUT2D eigenvalue weighted by Crippen LogP contribution is 2.32. The van der Waals surface area contributed by atoms with Gasteiger partial charge < -0.3 is 20.1 Å². The average molecular weight is 466 g/mol. The van der Waals surface area contributed by atoms with Gasteiger partial charge in [-0.2, -0.15) is 0 Å². The molecular weight excluding hydrogens is 447 g/mol. The van der Waals surface area contributed by atoms with Crippen LogP contribution in [0.15, 0.2) is 36.4 Å². The second-order valence-corrected chi connectivity index (χ2v) is 7.15. The number of methoxy groups -OCH3 is 2. The Morgan fingerprint density at radius 1 is 1.00 bits per heavy atom. The standard InChI is InChI=1S/C19H19IN2O4/c1-25-16-9-14(15(20)10-17(16)26-2)19(24)22-13-5-3-4-12(8-13)21-18(23)11-6-7-11/h3-5,8-11H,6-7H2,1-2H3,(H,21,23)(H,22,24). The molecule has 2 aromatic carbocycles. The molecule has 1 aliphatic carbocycles. The highest BCUT2D eigenvalue weighted by molar-refractivity contribution is 14.1. The Morgan fingerprint density at radius 2 is 1.62 bits per heavy atom. The monoisotopic (exact) mass is 466 g/mol. The summed E-state index contributed by atoms with van der Waals surface area (Å²) in [6.07, 6.45) is 1.89. The van der Waals surface area contributed by atoms with Gasteiger partial charge in [-0.1, -0.05) is 6.07 Å². The van der Waals surface area contributed by atoms with Crippen molar-refractivity contribution in [2.45, 2.75) is 12.8 Å². The topological polar surface area (TPSA) is 76.7 Å². The predicted octanol–water partition coefficient (Wildman–Crippen LogP) is 3.91. The van der Waals surface area contributed by atoms with Crippen LogP contribution in [0.2, 0.25) is 0 Å². The Balaban J connectivity index is 1.76. The lowest BCUT2D eigenvalue weighted by atomic mass is 10.1. The van der Waals surface area contributed by atoms with Crippen LogP contribution in [0.5, 0.6) is 11.5 Å². The summed E-state index contributed by atoms with van der Waals surface area (Å²) in [6, 6.07) is 10.5. The predicted molar refractivity (Wildman–Crippen MR) is 108 cm³/mol. The third-order valence-electron chi connectivity index (χ3n) is 4.05. The summed E-state index contributed by atoms with van der Waals surface area (Å²) in [5.41, 5.74) is 1.76. The van der Waals surface area contributed by atoms with E-state index in [1.807, 2.05) is 0 Å². The van der Waals surface area contributed by atoms with Crippen LogP contribution in [-0.4, -0.2) is 26.0 Å². The molecule has 1 saturated carbocycles. The molecule has 1 aliphatic rings. The summed E-state index contributed by atoms with van der Waals surface area (Å²) in [6.45, 7) is 0. The van der Waals surface area contributed by atoms with Gasteiger partial charge in [-0.25, -0.2) is 0 Å². The second-order valence-electron chi connectivity index (χ2n) is 5.99. The molecule has 0 heterocycles. The molecule has 7 heteroatoms. The van der Waals surface area contributed by atoms with Crippen molar-refractivity contribution in [3.05, 3.63) is 45.5 Å². The van der Waals surface area contributed by atoms with Crippen LogP contribution >= 0.6 is 22.6 Å². The van der Waals surface area contributed by atoms with Crippen molar-refractivity contribution < 1.29 is 19.1 Å². The van der Waals surface area contributed by atoms with E-state index in [9.17, 15) is 9.59 Å². The zero-order chi connectivity index (χ0) is 18.7. The van der Waals surface area contributed by atoms with Crippen molar-refractivity contribution in [3.8, 4) is 11.5 Å². The maximum absolute atomic E-state index is 12.7. The van der Waals surface area contributed by atoms with Crippen LogP contribution in [0, 0.1) is 9.49 Å². The van der Waals surface area contributed by atoms with Gasteiger partial charge >= 0.3 is 0 Å². The molecule has 2 aromatic rings. The lowest BCUT2D eigenvalue weighted by Crippen LogP contribution is -2.15. The van der Waals surface area contributed by atoms with Gasteiger partial charge in [0.1, 0.15) is 0 Å². The van der Waals surface area contributed by atoms with Gasteiger partial charge in [0.25, 0.3) is 5.91 Å². The van der Waals surface area contributed by atoms with E-state index in [0.717, 1.165) is 16.4 Å². The van der Waals surface area contributed by atoms with Crippen molar-refractivity contribution in [1.82, 2.24) is 0 Å². The van der Waals surface area contributed by atoms with Crippen LogP contribution in [-0.2, 0) is 4.79 Å². The molecule has 0 spiro atoms. The minimum atomic E-state index is -0.263. The first kappa shape index (κ1) is 18.5. The van der Waals surface area contributed by atoms with Gasteiger partial charge in [0.15, 0.2) is 11.5 Å². The van der Waals surface area contributed by atoms with E-state index in [0.29, 0.717) is 28.4 Å². The molecule has 2 N–H and O–H groups in total. The van der Waals surface area contributed by atoms with Crippen molar-refractivity contribution in [3.63, 3.8) is 0 Å². The summed E-state index contributed by atoms with van der Waals surface area (Å²) in [5.74, 6) is 0.951. The third-order valence-corrected chi connectivity index (χ3v) is 4.95. The number of carbonyl (C=O) groups excluding carboxylic acids is 2. The maximum atomic E-state index is 12.7. The molecular formula is C19H19IN2O4. The summed E-state index contributed by atoms with van der Waals surface area (Å²) >= 11 is 2.08. The number of nitrogens with one attached hydrogen (secondary N) is 2. The van der Waals surface area contributed by atoms with Crippen LogP contribution in [0.25, 0.3) is 0 Å². The summed E-state index contributed by atoms with van der Waals surface area (Å²) in [4.78, 5) is 24.5. The Hall–Kier alpha value is -2.29. The number of amides is 2.